The highest BCUT2D eigenvalue weighted by molar-refractivity contribution is 6.31. The molecule has 3 aromatic rings. The van der Waals surface area contributed by atoms with Crippen LogP contribution in [0.5, 0.6) is 0 Å². The molecule has 188 valence electrons. The van der Waals surface area contributed by atoms with Crippen LogP contribution in [0.25, 0.3) is 11.1 Å². The van der Waals surface area contributed by atoms with Crippen LogP contribution in [-0.2, 0) is 4.79 Å². The summed E-state index contributed by atoms with van der Waals surface area (Å²) in [4.78, 5) is 28.5. The third-order valence-corrected chi connectivity index (χ3v) is 6.66. The maximum Gasteiger partial charge on any atom is 0.338 e. The van der Waals surface area contributed by atoms with Crippen molar-refractivity contribution in [2.75, 3.05) is 5.32 Å². The van der Waals surface area contributed by atoms with E-state index in [-0.39, 0.29) is 27.8 Å². The fraction of sp³-hybridized carbons (Fsp3) is 0.269. The first kappa shape index (κ1) is 25.6. The Morgan fingerprint density at radius 1 is 1.11 bits per heavy atom. The number of carboxylic acid groups (broad SMARTS) is 1. The van der Waals surface area contributed by atoms with Gasteiger partial charge in [0, 0.05) is 28.6 Å². The van der Waals surface area contributed by atoms with Gasteiger partial charge in [0.2, 0.25) is 5.91 Å². The van der Waals surface area contributed by atoms with E-state index in [1.165, 1.54) is 24.4 Å². The average molecular weight is 521 g/mol. The molecule has 5 nitrogen and oxygen atoms in total. The summed E-state index contributed by atoms with van der Waals surface area (Å²) in [6, 6.07) is 8.27. The zero-order valence-corrected chi connectivity index (χ0v) is 19.5. The summed E-state index contributed by atoms with van der Waals surface area (Å²) in [6.45, 7) is 0. The van der Waals surface area contributed by atoms with Gasteiger partial charge in [-0.05, 0) is 42.7 Å². The molecule has 0 bridgehead atoms. The summed E-state index contributed by atoms with van der Waals surface area (Å²) in [5, 5.41) is 11.3. The maximum atomic E-state index is 14.6. The fourth-order valence-electron chi connectivity index (χ4n) is 4.22. The number of rotatable bonds is 8. The molecule has 36 heavy (non-hydrogen) atoms. The van der Waals surface area contributed by atoms with E-state index in [0.29, 0.717) is 12.1 Å². The van der Waals surface area contributed by atoms with Gasteiger partial charge in [-0.2, -0.15) is 0 Å². The Hall–Kier alpha value is -3.46. The van der Waals surface area contributed by atoms with E-state index in [0.717, 1.165) is 43.5 Å². The number of benzene rings is 2. The van der Waals surface area contributed by atoms with Crippen LogP contribution < -0.4 is 5.32 Å². The van der Waals surface area contributed by atoms with Gasteiger partial charge in [0.05, 0.1) is 22.2 Å². The van der Waals surface area contributed by atoms with Crippen molar-refractivity contribution >= 4 is 29.2 Å². The number of halogens is 5. The van der Waals surface area contributed by atoms with Gasteiger partial charge in [0.1, 0.15) is 11.6 Å². The molecular formula is C26H21ClF4N2O3. The highest BCUT2D eigenvalue weighted by Gasteiger charge is 2.30. The molecule has 10 heteroatoms. The zero-order chi connectivity index (χ0) is 26.0. The van der Waals surface area contributed by atoms with Crippen molar-refractivity contribution in [2.45, 2.75) is 38.0 Å². The number of carboxylic acids is 1. The van der Waals surface area contributed by atoms with E-state index in [1.807, 2.05) is 0 Å². The van der Waals surface area contributed by atoms with Crippen LogP contribution in [0.2, 0.25) is 5.02 Å². The van der Waals surface area contributed by atoms with E-state index in [4.69, 9.17) is 16.7 Å². The molecule has 1 amide bonds. The van der Waals surface area contributed by atoms with Gasteiger partial charge in [0.25, 0.3) is 6.43 Å². The predicted octanol–water partition coefficient (Wildman–Crippen LogP) is 7.23. The van der Waals surface area contributed by atoms with Crippen molar-refractivity contribution in [3.63, 3.8) is 0 Å². The van der Waals surface area contributed by atoms with Gasteiger partial charge in [-0.3, -0.25) is 9.78 Å². The molecule has 4 rings (SSSR count). The summed E-state index contributed by atoms with van der Waals surface area (Å²) >= 11 is 5.81. The first-order valence-electron chi connectivity index (χ1n) is 11.2. The second-order valence-corrected chi connectivity index (χ2v) is 9.08. The molecule has 1 saturated carbocycles. The number of carbonyl (C=O) groups is 2. The molecule has 0 spiro atoms. The van der Waals surface area contributed by atoms with Crippen molar-refractivity contribution < 1.29 is 32.3 Å². The number of nitrogens with one attached hydrogen (secondary N) is 1. The minimum absolute atomic E-state index is 0.0836. The lowest BCUT2D eigenvalue weighted by molar-refractivity contribution is -0.118. The van der Waals surface area contributed by atoms with Crippen LogP contribution in [0.3, 0.4) is 0 Å². The molecule has 1 heterocycles. The third kappa shape index (κ3) is 5.36. The second-order valence-electron chi connectivity index (χ2n) is 8.67. The highest BCUT2D eigenvalue weighted by Crippen LogP contribution is 2.38. The molecule has 1 aliphatic carbocycles. The minimum atomic E-state index is -2.93. The first-order valence-corrected chi connectivity index (χ1v) is 11.6. The standard InChI is InChI=1S/C26H21ClF4N2O3/c27-19-8-7-17(24(30)31)22(23(19)29)14-4-9-21(32-12-14)18(10-13-2-1-3-13)25(34)33-15-5-6-16(26(35)36)20(28)11-15/h4-9,11-13,18,24H,1-3,10H2,(H,33,34)(H,35,36). The van der Waals surface area contributed by atoms with Crippen molar-refractivity contribution in [3.05, 3.63) is 82.1 Å². The van der Waals surface area contributed by atoms with E-state index in [9.17, 15) is 27.2 Å². The average Bonchev–Trinajstić information content (AvgIpc) is 2.80. The molecule has 1 aromatic heterocycles. The Morgan fingerprint density at radius 3 is 2.42 bits per heavy atom. The van der Waals surface area contributed by atoms with Gasteiger partial charge in [0.15, 0.2) is 0 Å². The summed E-state index contributed by atoms with van der Waals surface area (Å²) < 4.78 is 55.7. The smallest absolute Gasteiger partial charge is 0.338 e. The number of carbonyl (C=O) groups excluding carboxylic acids is 1. The van der Waals surface area contributed by atoms with Gasteiger partial charge in [-0.1, -0.05) is 43.0 Å². The number of aromatic nitrogens is 1. The van der Waals surface area contributed by atoms with Crippen LogP contribution in [-0.4, -0.2) is 22.0 Å². The van der Waals surface area contributed by atoms with Crippen LogP contribution in [0.4, 0.5) is 23.2 Å². The fourth-order valence-corrected chi connectivity index (χ4v) is 4.38. The van der Waals surface area contributed by atoms with Crippen molar-refractivity contribution in [3.8, 4) is 11.1 Å². The maximum absolute atomic E-state index is 14.6. The lowest BCUT2D eigenvalue weighted by atomic mass is 9.78. The van der Waals surface area contributed by atoms with E-state index in [1.54, 1.807) is 0 Å². The van der Waals surface area contributed by atoms with Crippen molar-refractivity contribution in [1.29, 1.82) is 0 Å². The molecule has 2 aromatic carbocycles. The number of amides is 1. The highest BCUT2D eigenvalue weighted by atomic mass is 35.5. The van der Waals surface area contributed by atoms with Gasteiger partial charge in [-0.25, -0.2) is 22.4 Å². The Balaban J connectivity index is 1.63. The molecule has 1 unspecified atom stereocenters. The quantitative estimate of drug-likeness (QED) is 0.307. The van der Waals surface area contributed by atoms with Crippen LogP contribution in [0.15, 0.2) is 48.7 Å². The number of alkyl halides is 2. The number of hydrogen-bond acceptors (Lipinski definition) is 3. The van der Waals surface area contributed by atoms with E-state index < -0.39 is 47.0 Å². The van der Waals surface area contributed by atoms with E-state index >= 15 is 0 Å². The van der Waals surface area contributed by atoms with Crippen LogP contribution in [0, 0.1) is 17.6 Å². The van der Waals surface area contributed by atoms with Crippen LogP contribution >= 0.6 is 11.6 Å². The number of aromatic carboxylic acids is 1. The predicted molar refractivity (Wildman–Crippen MR) is 126 cm³/mol. The molecule has 0 radical (unpaired) electrons. The zero-order valence-electron chi connectivity index (χ0n) is 18.8. The summed E-state index contributed by atoms with van der Waals surface area (Å²) in [6.07, 6.45) is 1.67. The van der Waals surface area contributed by atoms with E-state index in [2.05, 4.69) is 10.3 Å². The molecule has 1 aliphatic rings. The molecule has 0 aliphatic heterocycles. The Kier molecular flexibility index (Phi) is 7.59. The summed E-state index contributed by atoms with van der Waals surface area (Å²) in [7, 11) is 0. The monoisotopic (exact) mass is 520 g/mol. The SMILES string of the molecule is O=C(O)c1ccc(NC(=O)C(CC2CCC2)c2ccc(-c3c(C(F)F)ccc(Cl)c3F)cn2)cc1F. The van der Waals surface area contributed by atoms with Crippen LogP contribution in [0.1, 0.15) is 59.6 Å². The first-order chi connectivity index (χ1) is 17.2. The largest absolute Gasteiger partial charge is 0.478 e. The van der Waals surface area contributed by atoms with Crippen molar-refractivity contribution in [1.82, 2.24) is 4.98 Å². The van der Waals surface area contributed by atoms with Gasteiger partial charge in [-0.15, -0.1) is 0 Å². The Morgan fingerprint density at radius 2 is 1.86 bits per heavy atom. The molecule has 1 atom stereocenters. The lowest BCUT2D eigenvalue weighted by Crippen LogP contribution is -2.26. The molecule has 2 N–H and O–H groups in total. The summed E-state index contributed by atoms with van der Waals surface area (Å²) in [5.74, 6) is -4.35. The molecular weight excluding hydrogens is 500 g/mol. The number of nitrogens with zero attached hydrogens (tertiary/aromatic N) is 1. The number of hydrogen-bond donors (Lipinski definition) is 2. The van der Waals surface area contributed by atoms with Gasteiger partial charge < -0.3 is 10.4 Å². The normalized spacial score (nSPS) is 14.4. The lowest BCUT2D eigenvalue weighted by Gasteiger charge is -2.29. The van der Waals surface area contributed by atoms with Gasteiger partial charge >= 0.3 is 5.97 Å². The van der Waals surface area contributed by atoms with Crippen molar-refractivity contribution in [2.24, 2.45) is 5.92 Å². The summed E-state index contributed by atoms with van der Waals surface area (Å²) in [5.41, 5.74) is -0.893. The third-order valence-electron chi connectivity index (χ3n) is 6.37. The molecule has 0 saturated heterocycles. The second kappa shape index (κ2) is 10.7. The molecule has 1 fully saturated rings. The number of anilines is 1. The Bertz CT molecular complexity index is 1300. The topological polar surface area (TPSA) is 79.3 Å². The minimum Gasteiger partial charge on any atom is -0.478 e. The Labute approximate surface area is 209 Å². The number of pyridine rings is 1.